The van der Waals surface area contributed by atoms with Crippen LogP contribution in [0.1, 0.15) is 20.3 Å². The maximum absolute atomic E-state index is 11.3. The Hall–Kier alpha value is -0.580. The van der Waals surface area contributed by atoms with Crippen molar-refractivity contribution in [2.75, 3.05) is 5.33 Å². The summed E-state index contributed by atoms with van der Waals surface area (Å²) >= 11 is 3.15. The van der Waals surface area contributed by atoms with Gasteiger partial charge in [-0.15, -0.1) is 0 Å². The van der Waals surface area contributed by atoms with Crippen LogP contribution < -0.4 is 0 Å². The molecule has 0 aromatic carbocycles. The van der Waals surface area contributed by atoms with Crippen LogP contribution in [0.25, 0.3) is 0 Å². The summed E-state index contributed by atoms with van der Waals surface area (Å²) in [6, 6.07) is 0. The fourth-order valence-electron chi connectivity index (χ4n) is 1.09. The summed E-state index contributed by atoms with van der Waals surface area (Å²) in [4.78, 5) is 22.5. The third kappa shape index (κ3) is 2.43. The van der Waals surface area contributed by atoms with Crippen molar-refractivity contribution >= 4 is 27.9 Å². The maximum atomic E-state index is 11.3. The molecule has 0 radical (unpaired) electrons. The molecule has 0 bridgehead atoms. The quantitative estimate of drug-likeness (QED) is 0.420. The summed E-state index contributed by atoms with van der Waals surface area (Å²) in [7, 11) is 0. The zero-order valence-electron chi connectivity index (χ0n) is 7.50. The van der Waals surface area contributed by atoms with Gasteiger partial charge in [-0.1, -0.05) is 15.9 Å². The van der Waals surface area contributed by atoms with E-state index in [1.54, 1.807) is 0 Å². The van der Waals surface area contributed by atoms with Gasteiger partial charge in [-0.25, -0.2) is 0 Å². The van der Waals surface area contributed by atoms with Gasteiger partial charge in [0.1, 0.15) is 0 Å². The number of carbonyl (C=O) groups excluding carboxylic acids is 2. The number of esters is 2. The van der Waals surface area contributed by atoms with E-state index >= 15 is 0 Å². The van der Waals surface area contributed by atoms with Gasteiger partial charge in [0.05, 0.1) is 0 Å². The van der Waals surface area contributed by atoms with E-state index in [4.69, 9.17) is 9.47 Å². The average molecular weight is 251 g/mol. The molecule has 0 amide bonds. The third-order valence-electron chi connectivity index (χ3n) is 1.66. The molecule has 1 rings (SSSR count). The predicted octanol–water partition coefficient (Wildman–Crippen LogP) is 1.22. The number of carbonyl (C=O) groups is 2. The average Bonchev–Trinajstić information content (AvgIpc) is 1.94. The van der Waals surface area contributed by atoms with E-state index in [0.717, 1.165) is 0 Å². The molecule has 0 saturated carbocycles. The number of halogens is 1. The van der Waals surface area contributed by atoms with E-state index < -0.39 is 23.6 Å². The van der Waals surface area contributed by atoms with Crippen molar-refractivity contribution in [1.82, 2.24) is 0 Å². The van der Waals surface area contributed by atoms with Crippen molar-refractivity contribution in [2.24, 2.45) is 5.92 Å². The standard InChI is InChI=1S/C8H11BrO4/c1-8(2)12-6(10)5(3-4-9)7(11)13-8/h5H,3-4H2,1-2H3. The minimum Gasteiger partial charge on any atom is -0.422 e. The molecule has 0 spiro atoms. The van der Waals surface area contributed by atoms with Crippen LogP contribution in [-0.2, 0) is 19.1 Å². The van der Waals surface area contributed by atoms with E-state index in [1.165, 1.54) is 13.8 Å². The lowest BCUT2D eigenvalue weighted by Gasteiger charge is -2.32. The molecule has 1 aliphatic rings. The van der Waals surface area contributed by atoms with Gasteiger partial charge in [0.25, 0.3) is 5.79 Å². The Kier molecular flexibility index (Phi) is 2.95. The number of hydrogen-bond acceptors (Lipinski definition) is 4. The van der Waals surface area contributed by atoms with Crippen molar-refractivity contribution < 1.29 is 19.1 Å². The van der Waals surface area contributed by atoms with E-state index in [9.17, 15) is 9.59 Å². The van der Waals surface area contributed by atoms with E-state index in [1.807, 2.05) is 0 Å². The van der Waals surface area contributed by atoms with Gasteiger partial charge in [-0.3, -0.25) is 9.59 Å². The summed E-state index contributed by atoms with van der Waals surface area (Å²) < 4.78 is 9.81. The first-order valence-electron chi connectivity index (χ1n) is 3.98. The Bertz CT molecular complexity index is 216. The van der Waals surface area contributed by atoms with Crippen molar-refractivity contribution in [3.63, 3.8) is 0 Å². The van der Waals surface area contributed by atoms with Crippen LogP contribution in [0.15, 0.2) is 0 Å². The van der Waals surface area contributed by atoms with Gasteiger partial charge >= 0.3 is 11.9 Å². The van der Waals surface area contributed by atoms with Crippen LogP contribution in [-0.4, -0.2) is 23.1 Å². The molecule has 13 heavy (non-hydrogen) atoms. The molecule has 74 valence electrons. The second-order valence-corrected chi connectivity index (χ2v) is 4.07. The smallest absolute Gasteiger partial charge is 0.323 e. The second kappa shape index (κ2) is 3.65. The summed E-state index contributed by atoms with van der Waals surface area (Å²) in [6.45, 7) is 3.07. The maximum Gasteiger partial charge on any atom is 0.323 e. The third-order valence-corrected chi connectivity index (χ3v) is 2.12. The molecule has 0 atom stereocenters. The largest absolute Gasteiger partial charge is 0.422 e. The summed E-state index contributed by atoms with van der Waals surface area (Å²) in [5.74, 6) is -2.88. The lowest BCUT2D eigenvalue weighted by atomic mass is 10.1. The minimum absolute atomic E-state index is 0.410. The fraction of sp³-hybridized carbons (Fsp3) is 0.750. The highest BCUT2D eigenvalue weighted by Crippen LogP contribution is 2.25. The first-order valence-corrected chi connectivity index (χ1v) is 5.10. The van der Waals surface area contributed by atoms with E-state index in [0.29, 0.717) is 11.8 Å². The lowest BCUT2D eigenvalue weighted by Crippen LogP contribution is -2.46. The highest BCUT2D eigenvalue weighted by atomic mass is 79.9. The molecule has 0 unspecified atom stereocenters. The van der Waals surface area contributed by atoms with Gasteiger partial charge in [-0.05, 0) is 6.42 Å². The Balaban J connectivity index is 2.71. The summed E-state index contributed by atoms with van der Waals surface area (Å²) in [6.07, 6.45) is 0.410. The van der Waals surface area contributed by atoms with Crippen molar-refractivity contribution in [1.29, 1.82) is 0 Å². The number of ether oxygens (including phenoxy) is 2. The van der Waals surface area contributed by atoms with Gasteiger partial charge < -0.3 is 9.47 Å². The highest BCUT2D eigenvalue weighted by molar-refractivity contribution is 9.09. The normalized spacial score (nSPS) is 22.4. The molecule has 0 N–H and O–H groups in total. The fourth-order valence-corrected chi connectivity index (χ4v) is 1.55. The van der Waals surface area contributed by atoms with Crippen molar-refractivity contribution in [3.05, 3.63) is 0 Å². The lowest BCUT2D eigenvalue weighted by molar-refractivity contribution is -0.239. The van der Waals surface area contributed by atoms with Crippen LogP contribution in [0.3, 0.4) is 0 Å². The monoisotopic (exact) mass is 250 g/mol. The Morgan fingerprint density at radius 1 is 1.31 bits per heavy atom. The Morgan fingerprint density at radius 2 is 1.77 bits per heavy atom. The van der Waals surface area contributed by atoms with Crippen LogP contribution in [0.5, 0.6) is 0 Å². The minimum atomic E-state index is -1.11. The number of cyclic esters (lactones) is 2. The number of alkyl halides is 1. The molecule has 0 aromatic rings. The molecule has 1 aliphatic heterocycles. The summed E-state index contributed by atoms with van der Waals surface area (Å²) in [5.41, 5.74) is 0. The number of rotatable bonds is 2. The van der Waals surface area contributed by atoms with Crippen LogP contribution in [0.4, 0.5) is 0 Å². The Labute approximate surface area is 84.7 Å². The molecule has 5 heteroatoms. The molecular weight excluding hydrogens is 240 g/mol. The molecule has 1 saturated heterocycles. The van der Waals surface area contributed by atoms with Crippen LogP contribution in [0.2, 0.25) is 0 Å². The van der Waals surface area contributed by atoms with Gasteiger partial charge in [0, 0.05) is 19.2 Å². The van der Waals surface area contributed by atoms with Gasteiger partial charge in [0.15, 0.2) is 5.92 Å². The molecule has 0 aliphatic carbocycles. The molecule has 0 aromatic heterocycles. The SMILES string of the molecule is CC1(C)OC(=O)C(CCBr)C(=O)O1. The molecule has 4 nitrogen and oxygen atoms in total. The zero-order valence-corrected chi connectivity index (χ0v) is 9.09. The van der Waals surface area contributed by atoms with Crippen LogP contribution >= 0.6 is 15.9 Å². The first kappa shape index (κ1) is 10.5. The summed E-state index contributed by atoms with van der Waals surface area (Å²) in [5, 5.41) is 0.572. The van der Waals surface area contributed by atoms with Crippen molar-refractivity contribution in [3.8, 4) is 0 Å². The highest BCUT2D eigenvalue weighted by Gasteiger charge is 2.42. The van der Waals surface area contributed by atoms with Crippen LogP contribution in [0, 0.1) is 5.92 Å². The van der Waals surface area contributed by atoms with Crippen molar-refractivity contribution in [2.45, 2.75) is 26.1 Å². The predicted molar refractivity (Wildman–Crippen MR) is 48.2 cm³/mol. The van der Waals surface area contributed by atoms with Gasteiger partial charge in [-0.2, -0.15) is 0 Å². The molecule has 1 fully saturated rings. The molecule has 1 heterocycles. The zero-order chi connectivity index (χ0) is 10.1. The molecular formula is C8H11BrO4. The van der Waals surface area contributed by atoms with E-state index in [-0.39, 0.29) is 0 Å². The topological polar surface area (TPSA) is 52.6 Å². The second-order valence-electron chi connectivity index (χ2n) is 3.27. The van der Waals surface area contributed by atoms with E-state index in [2.05, 4.69) is 15.9 Å². The number of hydrogen-bond donors (Lipinski definition) is 0. The first-order chi connectivity index (χ1) is 5.96. The van der Waals surface area contributed by atoms with Gasteiger partial charge in [0.2, 0.25) is 0 Å². The Morgan fingerprint density at radius 3 is 2.15 bits per heavy atom.